The van der Waals surface area contributed by atoms with E-state index < -0.39 is 0 Å². The van der Waals surface area contributed by atoms with Crippen molar-refractivity contribution in [1.82, 2.24) is 4.98 Å². The Balaban J connectivity index is 1.86. The standard InChI is InChI=1S/C16H20BrN3O/c1-10-5-6-15(21-10)14(8-18)20-13-4-2-3-11-7-12(17)9-19-16(11)13/h2-4,7,9-10,14-15,20H,5-6,8,18H2,1H3. The lowest BCUT2D eigenvalue weighted by Crippen LogP contribution is -2.40. The number of benzene rings is 1. The molecule has 0 amide bonds. The Morgan fingerprint density at radius 1 is 1.48 bits per heavy atom. The summed E-state index contributed by atoms with van der Waals surface area (Å²) in [6, 6.07) is 8.32. The number of pyridine rings is 1. The van der Waals surface area contributed by atoms with Gasteiger partial charge in [0.05, 0.1) is 29.5 Å². The molecule has 1 aliphatic rings. The number of nitrogens with one attached hydrogen (secondary N) is 1. The Hall–Kier alpha value is -1.17. The first-order valence-corrected chi connectivity index (χ1v) is 8.13. The van der Waals surface area contributed by atoms with Gasteiger partial charge in [-0.1, -0.05) is 12.1 Å². The highest BCUT2D eigenvalue weighted by Gasteiger charge is 2.29. The fourth-order valence-electron chi connectivity index (χ4n) is 2.88. The number of hydrogen-bond acceptors (Lipinski definition) is 4. The normalized spacial score (nSPS) is 23.4. The average Bonchev–Trinajstić information content (AvgIpc) is 2.90. The molecule has 3 N–H and O–H groups in total. The quantitative estimate of drug-likeness (QED) is 0.888. The highest BCUT2D eigenvalue weighted by Crippen LogP contribution is 2.27. The van der Waals surface area contributed by atoms with E-state index in [4.69, 9.17) is 10.5 Å². The maximum Gasteiger partial charge on any atom is 0.0934 e. The molecule has 4 nitrogen and oxygen atoms in total. The number of rotatable bonds is 4. The summed E-state index contributed by atoms with van der Waals surface area (Å²) in [5.41, 5.74) is 7.92. The van der Waals surface area contributed by atoms with Gasteiger partial charge >= 0.3 is 0 Å². The fourth-order valence-corrected chi connectivity index (χ4v) is 3.23. The summed E-state index contributed by atoms with van der Waals surface area (Å²) < 4.78 is 6.93. The molecular weight excluding hydrogens is 330 g/mol. The van der Waals surface area contributed by atoms with E-state index in [1.807, 2.05) is 18.3 Å². The molecule has 1 aliphatic heterocycles. The van der Waals surface area contributed by atoms with Crippen molar-refractivity contribution in [1.29, 1.82) is 0 Å². The summed E-state index contributed by atoms with van der Waals surface area (Å²) in [5.74, 6) is 0. The molecule has 1 fully saturated rings. The van der Waals surface area contributed by atoms with Crippen LogP contribution in [0.1, 0.15) is 19.8 Å². The molecular formula is C16H20BrN3O. The van der Waals surface area contributed by atoms with E-state index >= 15 is 0 Å². The van der Waals surface area contributed by atoms with Crippen LogP contribution in [0, 0.1) is 0 Å². The van der Waals surface area contributed by atoms with Gasteiger partial charge in [-0.05, 0) is 47.8 Å². The van der Waals surface area contributed by atoms with Crippen molar-refractivity contribution in [3.8, 4) is 0 Å². The zero-order valence-corrected chi connectivity index (χ0v) is 13.6. The van der Waals surface area contributed by atoms with Gasteiger partial charge < -0.3 is 15.8 Å². The van der Waals surface area contributed by atoms with E-state index in [9.17, 15) is 0 Å². The Labute approximate surface area is 133 Å². The van der Waals surface area contributed by atoms with E-state index in [-0.39, 0.29) is 12.1 Å². The van der Waals surface area contributed by atoms with Crippen LogP contribution in [0.5, 0.6) is 0 Å². The molecule has 5 heteroatoms. The van der Waals surface area contributed by atoms with Gasteiger partial charge in [0, 0.05) is 22.6 Å². The Morgan fingerprint density at radius 3 is 3.05 bits per heavy atom. The summed E-state index contributed by atoms with van der Waals surface area (Å²) in [4.78, 5) is 4.52. The van der Waals surface area contributed by atoms with Gasteiger partial charge in [0.2, 0.25) is 0 Å². The van der Waals surface area contributed by atoms with E-state index in [2.05, 4.69) is 45.3 Å². The maximum atomic E-state index is 5.95. The molecule has 112 valence electrons. The third kappa shape index (κ3) is 3.20. The number of nitrogens with zero attached hydrogens (tertiary/aromatic N) is 1. The molecule has 0 aliphatic carbocycles. The third-order valence-corrected chi connectivity index (χ3v) is 4.42. The fraction of sp³-hybridized carbons (Fsp3) is 0.438. The summed E-state index contributed by atoms with van der Waals surface area (Å²) in [5, 5.41) is 4.63. The van der Waals surface area contributed by atoms with Gasteiger partial charge in [-0.3, -0.25) is 4.98 Å². The van der Waals surface area contributed by atoms with Gasteiger partial charge in [-0.25, -0.2) is 0 Å². The predicted octanol–water partition coefficient (Wildman–Crippen LogP) is 3.30. The van der Waals surface area contributed by atoms with Gasteiger partial charge in [-0.2, -0.15) is 0 Å². The second-order valence-electron chi connectivity index (χ2n) is 5.58. The first-order valence-electron chi connectivity index (χ1n) is 7.33. The van der Waals surface area contributed by atoms with Crippen molar-refractivity contribution in [3.63, 3.8) is 0 Å². The highest BCUT2D eigenvalue weighted by molar-refractivity contribution is 9.10. The van der Waals surface area contributed by atoms with Crippen LogP contribution >= 0.6 is 15.9 Å². The topological polar surface area (TPSA) is 60.2 Å². The van der Waals surface area contributed by atoms with Crippen LogP contribution in [0.15, 0.2) is 34.9 Å². The molecule has 0 radical (unpaired) electrons. The van der Waals surface area contributed by atoms with E-state index in [1.54, 1.807) is 0 Å². The number of hydrogen-bond donors (Lipinski definition) is 2. The maximum absolute atomic E-state index is 5.95. The van der Waals surface area contributed by atoms with E-state index in [0.717, 1.165) is 33.9 Å². The van der Waals surface area contributed by atoms with E-state index in [1.165, 1.54) is 0 Å². The molecule has 0 saturated carbocycles. The second kappa shape index (κ2) is 6.30. The molecule has 21 heavy (non-hydrogen) atoms. The van der Waals surface area contributed by atoms with Gasteiger partial charge in [0.1, 0.15) is 0 Å². The minimum atomic E-state index is 0.117. The van der Waals surface area contributed by atoms with Crippen LogP contribution in [0.3, 0.4) is 0 Å². The Bertz CT molecular complexity index is 634. The first kappa shape index (κ1) is 14.8. The van der Waals surface area contributed by atoms with Crippen molar-refractivity contribution >= 4 is 32.5 Å². The number of para-hydroxylation sites is 1. The van der Waals surface area contributed by atoms with Crippen LogP contribution < -0.4 is 11.1 Å². The number of aromatic nitrogens is 1. The second-order valence-corrected chi connectivity index (χ2v) is 6.50. The molecule has 1 saturated heterocycles. The minimum absolute atomic E-state index is 0.117. The van der Waals surface area contributed by atoms with Crippen LogP contribution in [0.2, 0.25) is 0 Å². The Kier molecular flexibility index (Phi) is 4.42. The molecule has 1 aromatic heterocycles. The lowest BCUT2D eigenvalue weighted by Gasteiger charge is -2.25. The number of ether oxygens (including phenoxy) is 1. The highest BCUT2D eigenvalue weighted by atomic mass is 79.9. The number of anilines is 1. The molecule has 1 aromatic carbocycles. The summed E-state index contributed by atoms with van der Waals surface area (Å²) in [6.45, 7) is 2.66. The lowest BCUT2D eigenvalue weighted by atomic mass is 10.1. The molecule has 3 atom stereocenters. The zero-order chi connectivity index (χ0) is 14.8. The van der Waals surface area contributed by atoms with Crippen molar-refractivity contribution < 1.29 is 4.74 Å². The van der Waals surface area contributed by atoms with E-state index in [0.29, 0.717) is 12.6 Å². The van der Waals surface area contributed by atoms with Crippen molar-refractivity contribution in [3.05, 3.63) is 34.9 Å². The largest absolute Gasteiger partial charge is 0.377 e. The molecule has 3 rings (SSSR count). The summed E-state index contributed by atoms with van der Waals surface area (Å²) in [6.07, 6.45) is 4.48. The van der Waals surface area contributed by atoms with Gasteiger partial charge in [0.15, 0.2) is 0 Å². The number of nitrogens with two attached hydrogens (primary N) is 1. The lowest BCUT2D eigenvalue weighted by molar-refractivity contribution is 0.0460. The molecule has 3 unspecified atom stereocenters. The minimum Gasteiger partial charge on any atom is -0.377 e. The molecule has 0 bridgehead atoms. The van der Waals surface area contributed by atoms with Gasteiger partial charge in [0.25, 0.3) is 0 Å². The summed E-state index contributed by atoms with van der Waals surface area (Å²) >= 11 is 3.46. The monoisotopic (exact) mass is 349 g/mol. The van der Waals surface area contributed by atoms with Gasteiger partial charge in [-0.15, -0.1) is 0 Å². The smallest absolute Gasteiger partial charge is 0.0934 e. The SMILES string of the molecule is CC1CCC(C(CN)Nc2cccc3cc(Br)cnc23)O1. The predicted molar refractivity (Wildman–Crippen MR) is 89.5 cm³/mol. The number of halogens is 1. The van der Waals surface area contributed by atoms with Crippen molar-refractivity contribution in [2.75, 3.05) is 11.9 Å². The van der Waals surface area contributed by atoms with Crippen LogP contribution in [-0.4, -0.2) is 29.8 Å². The summed E-state index contributed by atoms with van der Waals surface area (Å²) in [7, 11) is 0. The van der Waals surface area contributed by atoms with Crippen molar-refractivity contribution in [2.24, 2.45) is 5.73 Å². The Morgan fingerprint density at radius 2 is 2.33 bits per heavy atom. The van der Waals surface area contributed by atoms with Crippen LogP contribution in [0.25, 0.3) is 10.9 Å². The van der Waals surface area contributed by atoms with Crippen LogP contribution in [0.4, 0.5) is 5.69 Å². The molecule has 2 heterocycles. The average molecular weight is 350 g/mol. The van der Waals surface area contributed by atoms with Crippen LogP contribution in [-0.2, 0) is 4.74 Å². The van der Waals surface area contributed by atoms with Crippen molar-refractivity contribution in [2.45, 2.75) is 38.0 Å². The molecule has 0 spiro atoms. The molecule has 2 aromatic rings. The first-order chi connectivity index (χ1) is 10.2. The number of fused-ring (bicyclic) bond motifs is 1. The zero-order valence-electron chi connectivity index (χ0n) is 12.1. The third-order valence-electron chi connectivity index (χ3n) is 3.99.